The first-order valence-electron chi connectivity index (χ1n) is 3.65. The smallest absolute Gasteiger partial charge is 0.265 e. The van der Waals surface area contributed by atoms with Crippen molar-refractivity contribution in [2.45, 2.75) is 6.18 Å². The van der Waals surface area contributed by atoms with Gasteiger partial charge in [0.15, 0.2) is 0 Å². The molecule has 7 heteroatoms. The van der Waals surface area contributed by atoms with E-state index in [0.717, 1.165) is 12.1 Å². The van der Waals surface area contributed by atoms with Gasteiger partial charge in [0.05, 0.1) is 16.1 Å². The number of alkyl halides is 3. The molecule has 1 amide bonds. The van der Waals surface area contributed by atoms with Crippen LogP contribution in [0.3, 0.4) is 0 Å². The first kappa shape index (κ1) is 11.6. The summed E-state index contributed by atoms with van der Waals surface area (Å²) < 4.78 is 36.7. The predicted molar refractivity (Wildman–Crippen MR) is 45.9 cm³/mol. The number of carbonyl (C=O) groups is 1. The highest BCUT2D eigenvalue weighted by Crippen LogP contribution is 2.31. The number of benzene rings is 1. The van der Waals surface area contributed by atoms with Gasteiger partial charge in [-0.05, 0) is 18.2 Å². The normalized spacial score (nSPS) is 11.2. The second-order valence-corrected chi connectivity index (χ2v) is 3.02. The molecule has 0 aromatic heterocycles. The molecule has 0 atom stereocenters. The molecule has 0 saturated heterocycles. The molecule has 0 fully saturated rings. The Morgan fingerprint density at radius 3 is 2.47 bits per heavy atom. The van der Waals surface area contributed by atoms with E-state index in [1.165, 1.54) is 0 Å². The van der Waals surface area contributed by atoms with Gasteiger partial charge in [0.2, 0.25) is 0 Å². The molecule has 3 nitrogen and oxygen atoms in total. The van der Waals surface area contributed by atoms with Crippen LogP contribution in [0.15, 0.2) is 23.3 Å². The lowest BCUT2D eigenvalue weighted by molar-refractivity contribution is -0.137. The minimum absolute atomic E-state index is 0.163. The average Bonchev–Trinajstić information content (AvgIpc) is 2.15. The molecule has 0 bridgehead atoms. The number of hydrogen-bond donors (Lipinski definition) is 1. The van der Waals surface area contributed by atoms with Crippen LogP contribution in [0.4, 0.5) is 13.2 Å². The summed E-state index contributed by atoms with van der Waals surface area (Å²) in [6, 6.07) is 2.27. The zero-order valence-electron chi connectivity index (χ0n) is 7.10. The van der Waals surface area contributed by atoms with Crippen molar-refractivity contribution >= 4 is 17.5 Å². The second kappa shape index (κ2) is 3.98. The zero-order valence-corrected chi connectivity index (χ0v) is 7.86. The number of carbonyl (C=O) groups excluding carboxylic acids is 1. The molecular formula is C8H4ClF3N2O. The maximum Gasteiger partial charge on any atom is 0.416 e. The summed E-state index contributed by atoms with van der Waals surface area (Å²) in [4.78, 5) is 10.9. The van der Waals surface area contributed by atoms with Crippen molar-refractivity contribution in [3.8, 4) is 0 Å². The third-order valence-corrected chi connectivity index (χ3v) is 1.96. The molecule has 0 saturated carbocycles. The minimum Gasteiger partial charge on any atom is -0.265 e. The molecule has 0 aliphatic heterocycles. The first-order chi connectivity index (χ1) is 6.86. The van der Waals surface area contributed by atoms with Crippen molar-refractivity contribution in [3.05, 3.63) is 34.3 Å². The van der Waals surface area contributed by atoms with Gasteiger partial charge in [-0.3, -0.25) is 4.79 Å². The van der Waals surface area contributed by atoms with E-state index in [0.29, 0.717) is 6.07 Å². The van der Waals surface area contributed by atoms with Gasteiger partial charge in [-0.25, -0.2) is 5.53 Å². The molecule has 1 rings (SSSR count). The van der Waals surface area contributed by atoms with E-state index in [1.54, 1.807) is 0 Å². The lowest BCUT2D eigenvalue weighted by atomic mass is 10.1. The highest BCUT2D eigenvalue weighted by Gasteiger charge is 2.31. The Labute approximate surface area is 87.4 Å². The molecule has 0 heterocycles. The molecule has 0 radical (unpaired) electrons. The van der Waals surface area contributed by atoms with E-state index in [-0.39, 0.29) is 5.02 Å². The Bertz CT molecular complexity index is 417. The molecule has 0 aliphatic carbocycles. The topological polar surface area (TPSA) is 53.3 Å². The van der Waals surface area contributed by atoms with Gasteiger partial charge in [0, 0.05) is 0 Å². The molecule has 1 N–H and O–H groups in total. The van der Waals surface area contributed by atoms with Crippen molar-refractivity contribution in [1.82, 2.24) is 0 Å². The predicted octanol–water partition coefficient (Wildman–Crippen LogP) is 3.53. The van der Waals surface area contributed by atoms with Crippen molar-refractivity contribution in [2.24, 2.45) is 5.11 Å². The van der Waals surface area contributed by atoms with Crippen LogP contribution in [-0.4, -0.2) is 5.91 Å². The Hall–Kier alpha value is -1.43. The maximum absolute atomic E-state index is 12.2. The number of amides is 1. The van der Waals surface area contributed by atoms with Crippen LogP contribution in [0.25, 0.3) is 0 Å². The Balaban J connectivity index is 3.29. The van der Waals surface area contributed by atoms with Gasteiger partial charge in [0.25, 0.3) is 5.91 Å². The summed E-state index contributed by atoms with van der Waals surface area (Å²) >= 11 is 5.49. The number of nitrogens with one attached hydrogen (secondary N) is 1. The molecule has 80 valence electrons. The summed E-state index contributed by atoms with van der Waals surface area (Å²) in [7, 11) is 0. The number of halogens is 4. The van der Waals surface area contributed by atoms with Gasteiger partial charge >= 0.3 is 6.18 Å². The summed E-state index contributed by atoms with van der Waals surface area (Å²) in [6.45, 7) is 0. The molecule has 1 aromatic rings. The van der Waals surface area contributed by atoms with Gasteiger partial charge in [-0.2, -0.15) is 13.2 Å². The van der Waals surface area contributed by atoms with Gasteiger partial charge in [0.1, 0.15) is 0 Å². The van der Waals surface area contributed by atoms with E-state index in [4.69, 9.17) is 17.1 Å². The fourth-order valence-electron chi connectivity index (χ4n) is 0.926. The summed E-state index contributed by atoms with van der Waals surface area (Å²) in [5.74, 6) is -1.11. The molecule has 0 spiro atoms. The molecule has 15 heavy (non-hydrogen) atoms. The van der Waals surface area contributed by atoms with Crippen molar-refractivity contribution in [2.75, 3.05) is 0 Å². The average molecular weight is 237 g/mol. The van der Waals surface area contributed by atoms with E-state index >= 15 is 0 Å². The van der Waals surface area contributed by atoms with Crippen LogP contribution in [-0.2, 0) is 6.18 Å². The number of nitrogens with zero attached hydrogens (tertiary/aromatic N) is 1. The third kappa shape index (κ3) is 2.53. The van der Waals surface area contributed by atoms with E-state index in [9.17, 15) is 18.0 Å². The van der Waals surface area contributed by atoms with Crippen LogP contribution in [0.2, 0.25) is 5.02 Å². The highest BCUT2D eigenvalue weighted by atomic mass is 35.5. The lowest BCUT2D eigenvalue weighted by Crippen LogP contribution is -2.07. The SMILES string of the molecule is N=NC(=O)c1cc(C(F)(F)F)ccc1Cl. The Morgan fingerprint density at radius 1 is 1.40 bits per heavy atom. The minimum atomic E-state index is -4.55. The second-order valence-electron chi connectivity index (χ2n) is 2.61. The van der Waals surface area contributed by atoms with E-state index in [1.807, 2.05) is 0 Å². The Kier molecular flexibility index (Phi) is 3.09. The quantitative estimate of drug-likeness (QED) is 0.745. The summed E-state index contributed by atoms with van der Waals surface area (Å²) in [5, 5.41) is 2.34. The summed E-state index contributed by atoms with van der Waals surface area (Å²) in [5.41, 5.74) is 4.97. The molecular weight excluding hydrogens is 233 g/mol. The third-order valence-electron chi connectivity index (χ3n) is 1.63. The van der Waals surface area contributed by atoms with Crippen LogP contribution in [0, 0.1) is 5.53 Å². The molecule has 0 unspecified atom stereocenters. The summed E-state index contributed by atoms with van der Waals surface area (Å²) in [6.07, 6.45) is -4.55. The lowest BCUT2D eigenvalue weighted by Gasteiger charge is -2.07. The van der Waals surface area contributed by atoms with Gasteiger partial charge in [-0.15, -0.1) is 5.11 Å². The van der Waals surface area contributed by atoms with E-state index in [2.05, 4.69) is 5.11 Å². The standard InChI is InChI=1S/C8H4ClF3N2O/c9-6-2-1-4(8(10,11)12)3-5(6)7(15)14-13/h1-3,13H. The maximum atomic E-state index is 12.2. The van der Waals surface area contributed by atoms with Crippen LogP contribution in [0.5, 0.6) is 0 Å². The van der Waals surface area contributed by atoms with Crippen LogP contribution in [0.1, 0.15) is 15.9 Å². The first-order valence-corrected chi connectivity index (χ1v) is 4.02. The highest BCUT2D eigenvalue weighted by molar-refractivity contribution is 6.33. The largest absolute Gasteiger partial charge is 0.416 e. The van der Waals surface area contributed by atoms with Crippen LogP contribution < -0.4 is 0 Å². The number of hydrogen-bond acceptors (Lipinski definition) is 2. The van der Waals surface area contributed by atoms with Crippen molar-refractivity contribution in [1.29, 1.82) is 5.53 Å². The van der Waals surface area contributed by atoms with Crippen LogP contribution >= 0.6 is 11.6 Å². The monoisotopic (exact) mass is 236 g/mol. The fraction of sp³-hybridized carbons (Fsp3) is 0.125. The van der Waals surface area contributed by atoms with E-state index < -0.39 is 23.2 Å². The van der Waals surface area contributed by atoms with Gasteiger partial charge < -0.3 is 0 Å². The molecule has 0 aliphatic rings. The van der Waals surface area contributed by atoms with Crippen molar-refractivity contribution < 1.29 is 18.0 Å². The zero-order chi connectivity index (χ0) is 11.6. The van der Waals surface area contributed by atoms with Gasteiger partial charge in [-0.1, -0.05) is 11.6 Å². The fourth-order valence-corrected chi connectivity index (χ4v) is 1.12. The van der Waals surface area contributed by atoms with Crippen molar-refractivity contribution in [3.63, 3.8) is 0 Å². The molecule has 1 aromatic carbocycles. The number of rotatable bonds is 1. The Morgan fingerprint density at radius 2 is 2.00 bits per heavy atom.